The summed E-state index contributed by atoms with van der Waals surface area (Å²) in [6, 6.07) is 7.40. The molecule has 0 heterocycles. The van der Waals surface area contributed by atoms with Crippen LogP contribution in [0.25, 0.3) is 6.08 Å². The highest BCUT2D eigenvalue weighted by molar-refractivity contribution is 5.89. The van der Waals surface area contributed by atoms with Gasteiger partial charge in [-0.3, -0.25) is 0 Å². The second-order valence-corrected chi connectivity index (χ2v) is 3.43. The van der Waals surface area contributed by atoms with E-state index in [1.165, 1.54) is 0 Å². The predicted molar refractivity (Wildman–Crippen MR) is 66.2 cm³/mol. The lowest BCUT2D eigenvalue weighted by Gasteiger charge is -2.04. The first kappa shape index (κ1) is 12.2. The molecule has 84 valence electrons. The number of esters is 1. The summed E-state index contributed by atoms with van der Waals surface area (Å²) in [5, 5.41) is 0. The normalized spacial score (nSPS) is 11.8. The van der Waals surface area contributed by atoms with Crippen LogP contribution in [0.15, 0.2) is 42.0 Å². The monoisotopic (exact) mass is 216 g/mol. The number of rotatable bonds is 3. The Kier molecular flexibility index (Phi) is 4.52. The minimum Gasteiger partial charge on any atom is -0.423 e. The summed E-state index contributed by atoms with van der Waals surface area (Å²) in [5.74, 6) is 0.265. The van der Waals surface area contributed by atoms with Crippen molar-refractivity contribution in [2.75, 3.05) is 0 Å². The number of allylic oxidation sites excluding steroid dienone is 2. The van der Waals surface area contributed by atoms with Gasteiger partial charge < -0.3 is 4.74 Å². The smallest absolute Gasteiger partial charge is 0.338 e. The maximum Gasteiger partial charge on any atom is 0.338 e. The van der Waals surface area contributed by atoms with Gasteiger partial charge in [-0.25, -0.2) is 4.79 Å². The molecule has 0 aliphatic carbocycles. The molecule has 0 aromatic heterocycles. The fourth-order valence-electron chi connectivity index (χ4n) is 1.14. The second kappa shape index (κ2) is 5.91. The number of carbonyl (C=O) groups is 1. The Labute approximate surface area is 96.2 Å². The number of hydrogen-bond acceptors (Lipinski definition) is 2. The van der Waals surface area contributed by atoms with E-state index in [9.17, 15) is 4.79 Å². The van der Waals surface area contributed by atoms with E-state index < -0.39 is 0 Å². The molecule has 2 nitrogen and oxygen atoms in total. The lowest BCUT2D eigenvalue weighted by Crippen LogP contribution is -2.08. The SMILES string of the molecule is CC=Cc1ccc(OC(=O)/C(C)=C/C)cc1. The third-order valence-electron chi connectivity index (χ3n) is 2.20. The number of ether oxygens (including phenoxy) is 1. The molecule has 0 fully saturated rings. The van der Waals surface area contributed by atoms with Crippen molar-refractivity contribution in [3.8, 4) is 5.75 Å². The van der Waals surface area contributed by atoms with Crippen LogP contribution in [0.2, 0.25) is 0 Å². The Morgan fingerprint density at radius 2 is 1.81 bits per heavy atom. The van der Waals surface area contributed by atoms with Crippen molar-refractivity contribution >= 4 is 12.0 Å². The van der Waals surface area contributed by atoms with Crippen molar-refractivity contribution in [3.63, 3.8) is 0 Å². The molecule has 0 radical (unpaired) electrons. The van der Waals surface area contributed by atoms with E-state index in [0.717, 1.165) is 5.56 Å². The number of hydrogen-bond donors (Lipinski definition) is 0. The van der Waals surface area contributed by atoms with Crippen LogP contribution < -0.4 is 4.74 Å². The molecule has 0 amide bonds. The Bertz CT molecular complexity index is 411. The van der Waals surface area contributed by atoms with E-state index in [1.807, 2.05) is 38.1 Å². The van der Waals surface area contributed by atoms with Gasteiger partial charge in [-0.1, -0.05) is 30.4 Å². The topological polar surface area (TPSA) is 26.3 Å². The van der Waals surface area contributed by atoms with Crippen molar-refractivity contribution in [1.29, 1.82) is 0 Å². The van der Waals surface area contributed by atoms with Gasteiger partial charge >= 0.3 is 5.97 Å². The summed E-state index contributed by atoms with van der Waals surface area (Å²) in [6.07, 6.45) is 5.68. The van der Waals surface area contributed by atoms with Crippen LogP contribution in [-0.4, -0.2) is 5.97 Å². The van der Waals surface area contributed by atoms with Gasteiger partial charge in [0.05, 0.1) is 0 Å². The van der Waals surface area contributed by atoms with Crippen LogP contribution in [-0.2, 0) is 4.79 Å². The summed E-state index contributed by atoms with van der Waals surface area (Å²) in [7, 11) is 0. The third kappa shape index (κ3) is 3.39. The Morgan fingerprint density at radius 3 is 2.31 bits per heavy atom. The van der Waals surface area contributed by atoms with Gasteiger partial charge in [0.1, 0.15) is 5.75 Å². The van der Waals surface area contributed by atoms with Crippen LogP contribution in [0.4, 0.5) is 0 Å². The van der Waals surface area contributed by atoms with Gasteiger partial charge in [0, 0.05) is 5.57 Å². The fourth-order valence-corrected chi connectivity index (χ4v) is 1.14. The molecule has 16 heavy (non-hydrogen) atoms. The molecule has 1 rings (SSSR count). The van der Waals surface area contributed by atoms with E-state index in [-0.39, 0.29) is 5.97 Å². The molecular formula is C14H16O2. The van der Waals surface area contributed by atoms with Gasteiger partial charge in [0.2, 0.25) is 0 Å². The van der Waals surface area contributed by atoms with Crippen LogP contribution in [0.3, 0.4) is 0 Å². The molecule has 0 spiro atoms. The third-order valence-corrected chi connectivity index (χ3v) is 2.20. The largest absolute Gasteiger partial charge is 0.423 e. The zero-order valence-electron chi connectivity index (χ0n) is 9.86. The van der Waals surface area contributed by atoms with Crippen molar-refractivity contribution in [3.05, 3.63) is 47.6 Å². The van der Waals surface area contributed by atoms with Crippen LogP contribution in [0, 0.1) is 0 Å². The highest BCUT2D eigenvalue weighted by atomic mass is 16.5. The Hall–Kier alpha value is -1.83. The van der Waals surface area contributed by atoms with Crippen molar-refractivity contribution < 1.29 is 9.53 Å². The molecule has 0 saturated carbocycles. The second-order valence-electron chi connectivity index (χ2n) is 3.43. The van der Waals surface area contributed by atoms with Gasteiger partial charge in [-0.05, 0) is 38.5 Å². The molecule has 1 aromatic rings. The molecule has 0 unspecified atom stereocenters. The van der Waals surface area contributed by atoms with Gasteiger partial charge in [-0.2, -0.15) is 0 Å². The van der Waals surface area contributed by atoms with Crippen molar-refractivity contribution in [1.82, 2.24) is 0 Å². The minimum atomic E-state index is -0.304. The van der Waals surface area contributed by atoms with Gasteiger partial charge in [-0.15, -0.1) is 0 Å². The predicted octanol–water partition coefficient (Wildman–Crippen LogP) is 3.59. The highest BCUT2D eigenvalue weighted by Gasteiger charge is 2.05. The first-order valence-corrected chi connectivity index (χ1v) is 5.25. The molecule has 0 saturated heterocycles. The first-order chi connectivity index (χ1) is 7.67. The molecule has 0 atom stereocenters. The summed E-state index contributed by atoms with van der Waals surface area (Å²) >= 11 is 0. The molecule has 2 heteroatoms. The maximum atomic E-state index is 11.4. The van der Waals surface area contributed by atoms with Crippen molar-refractivity contribution in [2.45, 2.75) is 20.8 Å². The van der Waals surface area contributed by atoms with Crippen LogP contribution in [0.5, 0.6) is 5.75 Å². The Balaban J connectivity index is 2.72. The quantitative estimate of drug-likeness (QED) is 0.438. The first-order valence-electron chi connectivity index (χ1n) is 5.25. The summed E-state index contributed by atoms with van der Waals surface area (Å²) < 4.78 is 5.17. The lowest BCUT2D eigenvalue weighted by atomic mass is 10.2. The maximum absolute atomic E-state index is 11.4. The lowest BCUT2D eigenvalue weighted by molar-refractivity contribution is -0.130. The fraction of sp³-hybridized carbons (Fsp3) is 0.214. The van der Waals surface area contributed by atoms with Crippen LogP contribution >= 0.6 is 0 Å². The molecule has 0 bridgehead atoms. The number of carbonyl (C=O) groups excluding carboxylic acids is 1. The molecule has 0 N–H and O–H groups in total. The van der Waals surface area contributed by atoms with E-state index in [1.54, 1.807) is 25.1 Å². The average Bonchev–Trinajstić information content (AvgIpc) is 2.31. The molecule has 0 aliphatic heterocycles. The van der Waals surface area contributed by atoms with Gasteiger partial charge in [0.15, 0.2) is 0 Å². The zero-order chi connectivity index (χ0) is 12.0. The molecule has 1 aromatic carbocycles. The van der Waals surface area contributed by atoms with E-state index in [2.05, 4.69) is 0 Å². The van der Waals surface area contributed by atoms with Gasteiger partial charge in [0.25, 0.3) is 0 Å². The number of benzene rings is 1. The summed E-state index contributed by atoms with van der Waals surface area (Å²) in [6.45, 7) is 5.51. The van der Waals surface area contributed by atoms with Crippen molar-refractivity contribution in [2.24, 2.45) is 0 Å². The minimum absolute atomic E-state index is 0.304. The van der Waals surface area contributed by atoms with E-state index in [4.69, 9.17) is 4.74 Å². The summed E-state index contributed by atoms with van der Waals surface area (Å²) in [5.41, 5.74) is 1.70. The van der Waals surface area contributed by atoms with E-state index >= 15 is 0 Å². The standard InChI is InChI=1S/C14H16O2/c1-4-6-12-7-9-13(10-8-12)16-14(15)11(3)5-2/h4-10H,1-3H3/b6-4?,11-5+. The van der Waals surface area contributed by atoms with E-state index in [0.29, 0.717) is 11.3 Å². The molecule has 0 aliphatic rings. The average molecular weight is 216 g/mol. The summed E-state index contributed by atoms with van der Waals surface area (Å²) in [4.78, 5) is 11.4. The zero-order valence-corrected chi connectivity index (χ0v) is 9.86. The van der Waals surface area contributed by atoms with Crippen LogP contribution in [0.1, 0.15) is 26.3 Å². The molecular weight excluding hydrogens is 200 g/mol. The Morgan fingerprint density at radius 1 is 1.19 bits per heavy atom. The highest BCUT2D eigenvalue weighted by Crippen LogP contribution is 2.14.